The van der Waals surface area contributed by atoms with E-state index in [0.29, 0.717) is 21.8 Å². The van der Waals surface area contributed by atoms with Crippen LogP contribution in [-0.4, -0.2) is 33.1 Å². The molecular weight excluding hydrogens is 525 g/mol. The van der Waals surface area contributed by atoms with Gasteiger partial charge in [0.25, 0.3) is 11.1 Å². The molecule has 5 rings (SSSR count). The number of imide groups is 1. The van der Waals surface area contributed by atoms with E-state index >= 15 is 0 Å². The molecule has 192 valence electrons. The van der Waals surface area contributed by atoms with Gasteiger partial charge in [-0.1, -0.05) is 54.1 Å². The first-order valence-corrected chi connectivity index (χ1v) is 13.0. The van der Waals surface area contributed by atoms with Crippen molar-refractivity contribution in [2.24, 2.45) is 0 Å². The van der Waals surface area contributed by atoms with E-state index in [1.807, 2.05) is 60.9 Å². The van der Waals surface area contributed by atoms with Crippen molar-refractivity contribution in [3.63, 3.8) is 0 Å². The van der Waals surface area contributed by atoms with Gasteiger partial charge in [-0.15, -0.1) is 0 Å². The normalized spacial score (nSPS) is 14.6. The fourth-order valence-corrected chi connectivity index (χ4v) is 5.54. The number of anilines is 1. The summed E-state index contributed by atoms with van der Waals surface area (Å²) in [4.78, 5) is 39.7. The van der Waals surface area contributed by atoms with E-state index in [9.17, 15) is 18.8 Å². The average molecular weight is 548 g/mol. The molecular formula is C29H23ClFN3O3S. The van der Waals surface area contributed by atoms with E-state index in [4.69, 9.17) is 11.6 Å². The number of aromatic nitrogens is 1. The third kappa shape index (κ3) is 4.97. The van der Waals surface area contributed by atoms with Crippen LogP contribution in [0.5, 0.6) is 0 Å². The van der Waals surface area contributed by atoms with Gasteiger partial charge in [0.15, 0.2) is 0 Å². The standard InChI is InChI=1S/C29H23ClFN3O3S/c1-17-7-5-8-18(2)27(17)32-26(35)16-34-28(36)25(38-29(34)37)13-19-14-33(24-12-4-3-9-20(19)24)15-21-22(30)10-6-11-23(21)31/h3-14H,15-16H2,1-2H3,(H,32,35)/b25-13+. The minimum absolute atomic E-state index is 0.194. The maximum atomic E-state index is 14.5. The third-order valence-electron chi connectivity index (χ3n) is 6.42. The van der Waals surface area contributed by atoms with E-state index in [1.165, 1.54) is 6.07 Å². The zero-order chi connectivity index (χ0) is 27.0. The number of halogens is 2. The van der Waals surface area contributed by atoms with Crippen molar-refractivity contribution in [3.8, 4) is 0 Å². The minimum atomic E-state index is -0.536. The molecule has 1 aliphatic heterocycles. The molecule has 0 saturated carbocycles. The molecule has 0 atom stereocenters. The largest absolute Gasteiger partial charge is 0.342 e. The van der Waals surface area contributed by atoms with Crippen LogP contribution in [0.3, 0.4) is 0 Å². The summed E-state index contributed by atoms with van der Waals surface area (Å²) in [6, 6.07) is 17.7. The van der Waals surface area contributed by atoms with Crippen LogP contribution in [0.2, 0.25) is 5.02 Å². The highest BCUT2D eigenvalue weighted by Gasteiger charge is 2.36. The van der Waals surface area contributed by atoms with Crippen LogP contribution in [0.1, 0.15) is 22.3 Å². The number of fused-ring (bicyclic) bond motifs is 1. The predicted molar refractivity (Wildman–Crippen MR) is 150 cm³/mol. The summed E-state index contributed by atoms with van der Waals surface area (Å²) < 4.78 is 16.3. The molecule has 1 N–H and O–H groups in total. The lowest BCUT2D eigenvalue weighted by molar-refractivity contribution is -0.127. The van der Waals surface area contributed by atoms with Crippen molar-refractivity contribution >= 4 is 63.1 Å². The number of carbonyl (C=O) groups is 3. The van der Waals surface area contributed by atoms with Gasteiger partial charge in [-0.05, 0) is 61.0 Å². The number of aryl methyl sites for hydroxylation is 2. The van der Waals surface area contributed by atoms with Crippen molar-refractivity contribution in [2.75, 3.05) is 11.9 Å². The van der Waals surface area contributed by atoms with Crippen LogP contribution in [0.4, 0.5) is 14.9 Å². The second-order valence-corrected chi connectivity index (χ2v) is 10.4. The average Bonchev–Trinajstić information content (AvgIpc) is 3.36. The quantitative estimate of drug-likeness (QED) is 0.270. The summed E-state index contributed by atoms with van der Waals surface area (Å²) in [5, 5.41) is 3.45. The van der Waals surface area contributed by atoms with Crippen LogP contribution in [0, 0.1) is 19.7 Å². The number of nitrogens with zero attached hydrogens (tertiary/aromatic N) is 2. The molecule has 1 aliphatic rings. The predicted octanol–water partition coefficient (Wildman–Crippen LogP) is 6.77. The third-order valence-corrected chi connectivity index (χ3v) is 7.68. The fourth-order valence-electron chi connectivity index (χ4n) is 4.49. The van der Waals surface area contributed by atoms with Gasteiger partial charge in [0.1, 0.15) is 12.4 Å². The Balaban J connectivity index is 1.40. The number of thioether (sulfide) groups is 1. The number of nitrogens with one attached hydrogen (secondary N) is 1. The van der Waals surface area contributed by atoms with Gasteiger partial charge in [-0.3, -0.25) is 19.3 Å². The number of hydrogen-bond donors (Lipinski definition) is 1. The maximum absolute atomic E-state index is 14.5. The van der Waals surface area contributed by atoms with Crippen LogP contribution < -0.4 is 5.32 Å². The molecule has 6 nitrogen and oxygen atoms in total. The molecule has 1 saturated heterocycles. The van der Waals surface area contributed by atoms with Gasteiger partial charge < -0.3 is 9.88 Å². The van der Waals surface area contributed by atoms with E-state index < -0.39 is 22.9 Å². The Kier molecular flexibility index (Phi) is 7.10. The summed E-state index contributed by atoms with van der Waals surface area (Å²) in [5.41, 5.74) is 4.32. The fraction of sp³-hybridized carbons (Fsp3) is 0.138. The zero-order valence-electron chi connectivity index (χ0n) is 20.6. The summed E-state index contributed by atoms with van der Waals surface area (Å²) in [7, 11) is 0. The maximum Gasteiger partial charge on any atom is 0.294 e. The van der Waals surface area contributed by atoms with E-state index in [-0.39, 0.29) is 18.0 Å². The molecule has 4 aromatic rings. The van der Waals surface area contributed by atoms with Gasteiger partial charge in [0.05, 0.1) is 11.4 Å². The second kappa shape index (κ2) is 10.5. The van der Waals surface area contributed by atoms with Gasteiger partial charge >= 0.3 is 0 Å². The van der Waals surface area contributed by atoms with Gasteiger partial charge in [0, 0.05) is 38.9 Å². The SMILES string of the molecule is Cc1cccc(C)c1NC(=O)CN1C(=O)S/C(=C/c2cn(Cc3c(F)cccc3Cl)c3ccccc23)C1=O. The van der Waals surface area contributed by atoms with Gasteiger partial charge in [-0.2, -0.15) is 0 Å². The molecule has 1 aromatic heterocycles. The lowest BCUT2D eigenvalue weighted by atomic mass is 10.1. The number of benzene rings is 3. The van der Waals surface area contributed by atoms with Crippen molar-refractivity contribution in [1.82, 2.24) is 9.47 Å². The highest BCUT2D eigenvalue weighted by molar-refractivity contribution is 8.18. The molecule has 3 aromatic carbocycles. The van der Waals surface area contributed by atoms with Crippen molar-refractivity contribution < 1.29 is 18.8 Å². The summed E-state index contributed by atoms with van der Waals surface area (Å²) in [6.45, 7) is 3.56. The Hall–Kier alpha value is -3.88. The van der Waals surface area contributed by atoms with Crippen LogP contribution >= 0.6 is 23.4 Å². The van der Waals surface area contributed by atoms with E-state index in [1.54, 1.807) is 24.4 Å². The van der Waals surface area contributed by atoms with Crippen LogP contribution in [0.25, 0.3) is 17.0 Å². The molecule has 3 amide bonds. The molecule has 0 aliphatic carbocycles. The summed E-state index contributed by atoms with van der Waals surface area (Å²) in [5.74, 6) is -1.40. The highest BCUT2D eigenvalue weighted by Crippen LogP contribution is 2.34. The molecule has 0 unspecified atom stereocenters. The Morgan fingerprint density at radius 1 is 1.03 bits per heavy atom. The first-order chi connectivity index (χ1) is 18.2. The Morgan fingerprint density at radius 2 is 1.74 bits per heavy atom. The number of para-hydroxylation sites is 2. The van der Waals surface area contributed by atoms with Crippen molar-refractivity contribution in [3.05, 3.63) is 105 Å². The van der Waals surface area contributed by atoms with E-state index in [2.05, 4.69) is 5.32 Å². The van der Waals surface area contributed by atoms with Gasteiger partial charge in [-0.25, -0.2) is 4.39 Å². The highest BCUT2D eigenvalue weighted by atomic mass is 35.5. The number of carbonyl (C=O) groups excluding carboxylic acids is 3. The molecule has 9 heteroatoms. The smallest absolute Gasteiger partial charge is 0.294 e. The Bertz CT molecular complexity index is 1610. The monoisotopic (exact) mass is 547 g/mol. The lowest BCUT2D eigenvalue weighted by Crippen LogP contribution is -2.36. The first-order valence-electron chi connectivity index (χ1n) is 11.8. The molecule has 0 spiro atoms. The number of amides is 3. The zero-order valence-corrected chi connectivity index (χ0v) is 22.2. The Morgan fingerprint density at radius 3 is 2.47 bits per heavy atom. The first kappa shape index (κ1) is 25.8. The molecule has 1 fully saturated rings. The molecule has 0 bridgehead atoms. The van der Waals surface area contributed by atoms with Gasteiger partial charge in [0.2, 0.25) is 5.91 Å². The topological polar surface area (TPSA) is 71.4 Å². The lowest BCUT2D eigenvalue weighted by Gasteiger charge is -2.15. The molecule has 0 radical (unpaired) electrons. The minimum Gasteiger partial charge on any atom is -0.342 e. The Labute approximate surface area is 228 Å². The summed E-state index contributed by atoms with van der Waals surface area (Å²) >= 11 is 7.03. The summed E-state index contributed by atoms with van der Waals surface area (Å²) in [6.07, 6.45) is 3.44. The van der Waals surface area contributed by atoms with Crippen LogP contribution in [0.15, 0.2) is 71.8 Å². The number of rotatable bonds is 6. The molecule has 2 heterocycles. The van der Waals surface area contributed by atoms with Crippen LogP contribution in [-0.2, 0) is 16.1 Å². The molecule has 38 heavy (non-hydrogen) atoms. The second-order valence-electron chi connectivity index (χ2n) is 9.01. The van der Waals surface area contributed by atoms with E-state index in [0.717, 1.165) is 38.7 Å². The van der Waals surface area contributed by atoms with Crippen molar-refractivity contribution in [1.29, 1.82) is 0 Å². The van der Waals surface area contributed by atoms with Crippen molar-refractivity contribution in [2.45, 2.75) is 20.4 Å². The number of hydrogen-bond acceptors (Lipinski definition) is 4.